The molecule has 10 heteroatoms. The zero-order valence-corrected chi connectivity index (χ0v) is 24.8. The SMILES string of the molecule is Cc1ccc(NC(=O)c2ccc3c(c2)OCCO3)cc1NC(=O)c1ccc(Nc2cccc(OC3CCN(C)CC3)c2)nc1. The van der Waals surface area contributed by atoms with E-state index >= 15 is 0 Å². The maximum atomic E-state index is 13.1. The van der Waals surface area contributed by atoms with Gasteiger partial charge in [-0.25, -0.2) is 4.98 Å². The number of carbonyl (C=O) groups is 2. The summed E-state index contributed by atoms with van der Waals surface area (Å²) in [6.45, 7) is 4.89. The van der Waals surface area contributed by atoms with Gasteiger partial charge < -0.3 is 35.1 Å². The van der Waals surface area contributed by atoms with E-state index in [9.17, 15) is 9.59 Å². The Morgan fingerprint density at radius 2 is 1.61 bits per heavy atom. The lowest BCUT2D eigenvalue weighted by Gasteiger charge is -2.29. The van der Waals surface area contributed by atoms with Crippen LogP contribution in [-0.2, 0) is 0 Å². The van der Waals surface area contributed by atoms with Crippen LogP contribution in [0.25, 0.3) is 0 Å². The van der Waals surface area contributed by atoms with Crippen molar-refractivity contribution in [3.8, 4) is 17.2 Å². The lowest BCUT2D eigenvalue weighted by Crippen LogP contribution is -2.35. The van der Waals surface area contributed by atoms with Gasteiger partial charge in [0.25, 0.3) is 11.8 Å². The summed E-state index contributed by atoms with van der Waals surface area (Å²) in [7, 11) is 2.13. The second kappa shape index (κ2) is 13.0. The van der Waals surface area contributed by atoms with Crippen molar-refractivity contribution in [1.29, 1.82) is 0 Å². The second-order valence-corrected chi connectivity index (χ2v) is 11.0. The third-order valence-corrected chi connectivity index (χ3v) is 7.65. The van der Waals surface area contributed by atoms with Gasteiger partial charge >= 0.3 is 0 Å². The van der Waals surface area contributed by atoms with Crippen LogP contribution in [0.1, 0.15) is 39.1 Å². The molecule has 2 aliphatic heterocycles. The van der Waals surface area contributed by atoms with Gasteiger partial charge in [0.05, 0.1) is 5.56 Å². The van der Waals surface area contributed by atoms with Crippen LogP contribution in [0.5, 0.6) is 17.2 Å². The van der Waals surface area contributed by atoms with E-state index in [1.54, 1.807) is 42.5 Å². The highest BCUT2D eigenvalue weighted by Crippen LogP contribution is 2.31. The van der Waals surface area contributed by atoms with Crippen LogP contribution >= 0.6 is 0 Å². The predicted molar refractivity (Wildman–Crippen MR) is 170 cm³/mol. The van der Waals surface area contributed by atoms with Crippen LogP contribution in [0.3, 0.4) is 0 Å². The van der Waals surface area contributed by atoms with Gasteiger partial charge in [-0.1, -0.05) is 12.1 Å². The van der Waals surface area contributed by atoms with E-state index in [0.29, 0.717) is 53.0 Å². The monoisotopic (exact) mass is 593 g/mol. The quantitative estimate of drug-likeness (QED) is 0.232. The minimum atomic E-state index is -0.309. The molecule has 6 rings (SSSR count). The average molecular weight is 594 g/mol. The maximum absolute atomic E-state index is 13.1. The molecule has 3 N–H and O–H groups in total. The van der Waals surface area contributed by atoms with Crippen LogP contribution < -0.4 is 30.2 Å². The summed E-state index contributed by atoms with van der Waals surface area (Å²) < 4.78 is 17.3. The van der Waals surface area contributed by atoms with E-state index in [4.69, 9.17) is 14.2 Å². The van der Waals surface area contributed by atoms with Gasteiger partial charge in [-0.3, -0.25) is 9.59 Å². The Balaban J connectivity index is 1.06. The minimum absolute atomic E-state index is 0.220. The molecule has 44 heavy (non-hydrogen) atoms. The van der Waals surface area contributed by atoms with E-state index in [1.165, 1.54) is 6.20 Å². The van der Waals surface area contributed by atoms with E-state index < -0.39 is 0 Å². The number of carbonyl (C=O) groups excluding carboxylic acids is 2. The topological polar surface area (TPSA) is 114 Å². The molecular formula is C34H35N5O5. The first kappa shape index (κ1) is 29.0. The maximum Gasteiger partial charge on any atom is 0.257 e. The number of hydrogen-bond acceptors (Lipinski definition) is 8. The van der Waals surface area contributed by atoms with Crippen molar-refractivity contribution in [2.45, 2.75) is 25.9 Å². The van der Waals surface area contributed by atoms with Crippen molar-refractivity contribution in [2.75, 3.05) is 49.3 Å². The second-order valence-electron chi connectivity index (χ2n) is 11.0. The van der Waals surface area contributed by atoms with Gasteiger partial charge in [0.2, 0.25) is 0 Å². The van der Waals surface area contributed by atoms with Crippen molar-refractivity contribution in [2.24, 2.45) is 0 Å². The fraction of sp³-hybridized carbons (Fsp3) is 0.265. The van der Waals surface area contributed by atoms with Crippen molar-refractivity contribution >= 4 is 34.7 Å². The number of ether oxygens (including phenoxy) is 3. The summed E-state index contributed by atoms with van der Waals surface area (Å²) in [5, 5.41) is 9.10. The molecule has 1 aromatic heterocycles. The zero-order valence-electron chi connectivity index (χ0n) is 24.8. The Morgan fingerprint density at radius 1 is 0.841 bits per heavy atom. The van der Waals surface area contributed by atoms with E-state index in [0.717, 1.165) is 42.9 Å². The number of nitrogens with zero attached hydrogens (tertiary/aromatic N) is 2. The Labute approximate surface area is 256 Å². The largest absolute Gasteiger partial charge is 0.490 e. The summed E-state index contributed by atoms with van der Waals surface area (Å²) in [6, 6.07) is 21.7. The lowest BCUT2D eigenvalue weighted by atomic mass is 10.1. The van der Waals surface area contributed by atoms with E-state index in [-0.39, 0.29) is 17.9 Å². The number of fused-ring (bicyclic) bond motifs is 1. The summed E-state index contributed by atoms with van der Waals surface area (Å²) in [5.74, 6) is 1.98. The molecule has 0 spiro atoms. The number of nitrogens with one attached hydrogen (secondary N) is 3. The van der Waals surface area contributed by atoms with Gasteiger partial charge in [-0.05, 0) is 87.0 Å². The first-order valence-electron chi connectivity index (χ1n) is 14.7. The lowest BCUT2D eigenvalue weighted by molar-refractivity contribution is 0.101. The molecule has 1 fully saturated rings. The predicted octanol–water partition coefficient (Wildman–Crippen LogP) is 5.88. The molecule has 2 aliphatic rings. The highest BCUT2D eigenvalue weighted by atomic mass is 16.6. The van der Waals surface area contributed by atoms with Gasteiger partial charge in [0.1, 0.15) is 30.9 Å². The number of rotatable bonds is 8. The molecule has 0 radical (unpaired) electrons. The first-order valence-corrected chi connectivity index (χ1v) is 14.7. The molecule has 0 saturated carbocycles. The summed E-state index contributed by atoms with van der Waals surface area (Å²) in [6.07, 6.45) is 3.77. The average Bonchev–Trinajstić information content (AvgIpc) is 3.04. The summed E-state index contributed by atoms with van der Waals surface area (Å²) in [4.78, 5) is 32.7. The Bertz CT molecular complexity index is 1650. The van der Waals surface area contributed by atoms with Crippen molar-refractivity contribution in [3.05, 3.63) is 95.7 Å². The number of pyridine rings is 1. The summed E-state index contributed by atoms with van der Waals surface area (Å²) >= 11 is 0. The highest BCUT2D eigenvalue weighted by Gasteiger charge is 2.19. The van der Waals surface area contributed by atoms with E-state index in [1.807, 2.05) is 37.3 Å². The standard InChI is InChI=1S/C34H35N5O5/c1-22-6-9-26(37-33(40)23-7-10-30-31(18-23)43-17-16-42-30)20-29(22)38-34(41)24-8-11-32(35-21-24)36-25-4-3-5-28(19-25)44-27-12-14-39(2)15-13-27/h3-11,18-21,27H,12-17H2,1-2H3,(H,35,36)(H,37,40)(H,38,41). The smallest absolute Gasteiger partial charge is 0.257 e. The molecule has 0 atom stereocenters. The van der Waals surface area contributed by atoms with Crippen molar-refractivity contribution in [3.63, 3.8) is 0 Å². The van der Waals surface area contributed by atoms with Gasteiger partial charge in [0.15, 0.2) is 11.5 Å². The normalized spacial score (nSPS) is 14.9. The molecule has 3 aromatic carbocycles. The minimum Gasteiger partial charge on any atom is -0.490 e. The third kappa shape index (κ3) is 7.09. The molecule has 4 aromatic rings. The first-order chi connectivity index (χ1) is 21.4. The molecule has 10 nitrogen and oxygen atoms in total. The molecule has 0 bridgehead atoms. The zero-order chi connectivity index (χ0) is 30.5. The highest BCUT2D eigenvalue weighted by molar-refractivity contribution is 6.07. The van der Waals surface area contributed by atoms with E-state index in [2.05, 4.69) is 32.9 Å². The number of hydrogen-bond donors (Lipinski definition) is 3. The third-order valence-electron chi connectivity index (χ3n) is 7.65. The fourth-order valence-electron chi connectivity index (χ4n) is 5.11. The Kier molecular flexibility index (Phi) is 8.60. The van der Waals surface area contributed by atoms with Crippen LogP contribution in [0.4, 0.5) is 22.9 Å². The number of benzene rings is 3. The molecule has 226 valence electrons. The van der Waals surface area contributed by atoms with Crippen LogP contribution in [-0.4, -0.2) is 61.2 Å². The van der Waals surface area contributed by atoms with Gasteiger partial charge in [-0.15, -0.1) is 0 Å². The molecule has 0 aliphatic carbocycles. The fourth-order valence-corrected chi connectivity index (χ4v) is 5.11. The van der Waals surface area contributed by atoms with Crippen molar-refractivity contribution < 1.29 is 23.8 Å². The number of aromatic nitrogens is 1. The Morgan fingerprint density at radius 3 is 2.41 bits per heavy atom. The van der Waals surface area contributed by atoms with Crippen LogP contribution in [0, 0.1) is 6.92 Å². The van der Waals surface area contributed by atoms with Crippen LogP contribution in [0.15, 0.2) is 79.0 Å². The van der Waals surface area contributed by atoms with Gasteiger partial charge in [0, 0.05) is 48.0 Å². The molecule has 3 heterocycles. The molecule has 0 unspecified atom stereocenters. The molecule has 2 amide bonds. The Hall–Kier alpha value is -5.09. The number of likely N-dealkylation sites (tertiary alicyclic amines) is 1. The van der Waals surface area contributed by atoms with Crippen LogP contribution in [0.2, 0.25) is 0 Å². The van der Waals surface area contributed by atoms with Crippen molar-refractivity contribution in [1.82, 2.24) is 9.88 Å². The van der Waals surface area contributed by atoms with Gasteiger partial charge in [-0.2, -0.15) is 0 Å². The molecular weight excluding hydrogens is 558 g/mol. The number of amides is 2. The molecule has 1 saturated heterocycles. The summed E-state index contributed by atoms with van der Waals surface area (Å²) in [5.41, 5.74) is 3.68. The number of piperidine rings is 1. The number of aryl methyl sites for hydroxylation is 1. The number of anilines is 4.